The van der Waals surface area contributed by atoms with E-state index in [1.807, 2.05) is 0 Å². The maximum absolute atomic E-state index is 9.13. The Morgan fingerprint density at radius 2 is 1.27 bits per heavy atom. The molecule has 5 aliphatic rings. The molecule has 15 heavy (non-hydrogen) atoms. The van der Waals surface area contributed by atoms with Crippen molar-refractivity contribution in [2.75, 3.05) is 0 Å². The van der Waals surface area contributed by atoms with E-state index in [1.54, 1.807) is 0 Å². The first kappa shape index (κ1) is 7.25. The van der Waals surface area contributed by atoms with E-state index >= 15 is 0 Å². The molecule has 0 unspecified atom stereocenters. The molecule has 4 nitrogen and oxygen atoms in total. The lowest BCUT2D eigenvalue weighted by atomic mass is 9.59. The summed E-state index contributed by atoms with van der Waals surface area (Å²) in [4.78, 5) is 0. The van der Waals surface area contributed by atoms with Gasteiger partial charge in [0.05, 0.1) is 11.4 Å². The number of nitrogens with zero attached hydrogens (tertiary/aromatic N) is 2. The minimum Gasteiger partial charge on any atom is -0.411 e. The molecule has 0 radical (unpaired) electrons. The van der Waals surface area contributed by atoms with Gasteiger partial charge in [0.1, 0.15) is 0 Å². The lowest BCUT2D eigenvalue weighted by Gasteiger charge is -2.44. The quantitative estimate of drug-likeness (QED) is 0.457. The first-order valence-corrected chi connectivity index (χ1v) is 5.82. The summed E-state index contributed by atoms with van der Waals surface area (Å²) < 4.78 is 0. The SMILES string of the molecule is O/N=C1\[C@@H]2[C@H]3/C(=N/O)[C@@H]4[C@H]5C[C@@H]([C@H]14)[C@H]2[C@H]53. The Bertz CT molecular complexity index is 400. The maximum Gasteiger partial charge on any atom is 0.0651 e. The highest BCUT2D eigenvalue weighted by molar-refractivity contribution is 6.10. The predicted molar refractivity (Wildman–Crippen MR) is 51.0 cm³/mol. The fourth-order valence-electron chi connectivity index (χ4n) is 6.13. The van der Waals surface area contributed by atoms with E-state index in [4.69, 9.17) is 10.4 Å². The summed E-state index contributed by atoms with van der Waals surface area (Å²) in [5, 5.41) is 25.4. The van der Waals surface area contributed by atoms with Crippen LogP contribution in [0, 0.1) is 47.3 Å². The van der Waals surface area contributed by atoms with Crippen LogP contribution in [0.25, 0.3) is 0 Å². The molecule has 0 aromatic heterocycles. The Morgan fingerprint density at radius 3 is 1.67 bits per heavy atom. The van der Waals surface area contributed by atoms with E-state index in [0.29, 0.717) is 23.7 Å². The van der Waals surface area contributed by atoms with E-state index in [9.17, 15) is 0 Å². The highest BCUT2D eigenvalue weighted by atomic mass is 16.4. The van der Waals surface area contributed by atoms with Gasteiger partial charge in [0.25, 0.3) is 0 Å². The number of hydrogen-bond donors (Lipinski definition) is 2. The van der Waals surface area contributed by atoms with Crippen LogP contribution >= 0.6 is 0 Å². The Morgan fingerprint density at radius 1 is 0.800 bits per heavy atom. The van der Waals surface area contributed by atoms with E-state index in [2.05, 4.69) is 10.3 Å². The second-order valence-corrected chi connectivity index (χ2v) is 5.87. The molecule has 5 fully saturated rings. The van der Waals surface area contributed by atoms with Gasteiger partial charge in [0, 0.05) is 23.7 Å². The zero-order valence-electron chi connectivity index (χ0n) is 8.11. The highest BCUT2D eigenvalue weighted by Crippen LogP contribution is 2.80. The first-order valence-electron chi connectivity index (χ1n) is 5.82. The maximum atomic E-state index is 9.13. The van der Waals surface area contributed by atoms with Crippen LogP contribution in [0.15, 0.2) is 10.3 Å². The molecule has 0 aromatic carbocycles. The van der Waals surface area contributed by atoms with E-state index in [-0.39, 0.29) is 0 Å². The summed E-state index contributed by atoms with van der Waals surface area (Å²) >= 11 is 0. The summed E-state index contributed by atoms with van der Waals surface area (Å²) in [7, 11) is 0. The Balaban J connectivity index is 1.83. The molecule has 0 aromatic rings. The van der Waals surface area contributed by atoms with Crippen molar-refractivity contribution in [2.45, 2.75) is 6.42 Å². The minimum absolute atomic E-state index is 0.427. The van der Waals surface area contributed by atoms with Gasteiger partial charge in [-0.2, -0.15) is 0 Å². The summed E-state index contributed by atoms with van der Waals surface area (Å²) in [5.41, 5.74) is 2.09. The van der Waals surface area contributed by atoms with Crippen molar-refractivity contribution in [3.8, 4) is 0 Å². The molecule has 0 spiro atoms. The van der Waals surface area contributed by atoms with Crippen LogP contribution < -0.4 is 0 Å². The summed E-state index contributed by atoms with van der Waals surface area (Å²) in [6, 6.07) is 0. The van der Waals surface area contributed by atoms with Crippen LogP contribution in [0.3, 0.4) is 0 Å². The normalized spacial score (nSPS) is 71.2. The molecule has 5 saturated carbocycles. The highest BCUT2D eigenvalue weighted by Gasteiger charge is 2.82. The molecule has 78 valence electrons. The third kappa shape index (κ3) is 0.446. The molecule has 5 aliphatic carbocycles. The number of oxime groups is 2. The van der Waals surface area contributed by atoms with Crippen LogP contribution in [0.2, 0.25) is 0 Å². The van der Waals surface area contributed by atoms with Crippen LogP contribution in [0.5, 0.6) is 0 Å². The second kappa shape index (κ2) is 1.81. The van der Waals surface area contributed by atoms with Gasteiger partial charge >= 0.3 is 0 Å². The third-order valence-electron chi connectivity index (χ3n) is 6.10. The number of fused-ring (bicyclic) bond motifs is 2. The minimum atomic E-state index is 0.427. The van der Waals surface area contributed by atoms with Crippen LogP contribution in [0.4, 0.5) is 0 Å². The molecular weight excluding hydrogens is 192 g/mol. The van der Waals surface area contributed by atoms with Gasteiger partial charge in [0.2, 0.25) is 0 Å². The van der Waals surface area contributed by atoms with Crippen molar-refractivity contribution < 1.29 is 10.4 Å². The van der Waals surface area contributed by atoms with Gasteiger partial charge in [0.15, 0.2) is 0 Å². The molecule has 0 amide bonds. The van der Waals surface area contributed by atoms with Crippen molar-refractivity contribution in [1.29, 1.82) is 0 Å². The van der Waals surface area contributed by atoms with E-state index < -0.39 is 0 Å². The molecule has 5 rings (SSSR count). The summed E-state index contributed by atoms with van der Waals surface area (Å²) in [5.74, 6) is 4.76. The number of rotatable bonds is 0. The van der Waals surface area contributed by atoms with Crippen molar-refractivity contribution in [3.05, 3.63) is 0 Å². The molecular formula is C11H12N2O2. The van der Waals surface area contributed by atoms with Crippen molar-refractivity contribution in [2.24, 2.45) is 57.7 Å². The standard InChI is InChI=1S/C11H12N2O2/c14-12-10-6-2-1-3-5-4(2)8(10)9(5)11(13-15)7(3)6/h2-9,14-15H,1H2/b12-10-,13-11+/t2-,3+,4+,5+,6+,7-,8+,9+/m1/s1. The van der Waals surface area contributed by atoms with Crippen LogP contribution in [-0.2, 0) is 0 Å². The zero-order chi connectivity index (χ0) is 9.89. The fraction of sp³-hybridized carbons (Fsp3) is 0.818. The van der Waals surface area contributed by atoms with Gasteiger partial charge in [-0.3, -0.25) is 0 Å². The molecule has 0 saturated heterocycles. The van der Waals surface area contributed by atoms with Crippen molar-refractivity contribution in [3.63, 3.8) is 0 Å². The van der Waals surface area contributed by atoms with Crippen molar-refractivity contribution in [1.82, 2.24) is 0 Å². The second-order valence-electron chi connectivity index (χ2n) is 5.87. The monoisotopic (exact) mass is 204 g/mol. The van der Waals surface area contributed by atoms with Crippen molar-refractivity contribution >= 4 is 11.4 Å². The van der Waals surface area contributed by atoms with Gasteiger partial charge in [-0.1, -0.05) is 10.3 Å². The van der Waals surface area contributed by atoms with Crippen LogP contribution in [-0.4, -0.2) is 21.8 Å². The van der Waals surface area contributed by atoms with Gasteiger partial charge < -0.3 is 10.4 Å². The summed E-state index contributed by atoms with van der Waals surface area (Å²) in [6.45, 7) is 0. The Hall–Kier alpha value is -1.06. The van der Waals surface area contributed by atoms with Gasteiger partial charge in [-0.05, 0) is 30.1 Å². The summed E-state index contributed by atoms with van der Waals surface area (Å²) in [6.07, 6.45) is 1.29. The number of hydrogen-bond acceptors (Lipinski definition) is 4. The molecule has 0 heterocycles. The first-order chi connectivity index (χ1) is 7.38. The Labute approximate surface area is 86.6 Å². The predicted octanol–water partition coefficient (Wildman–Crippen LogP) is 1.03. The smallest absolute Gasteiger partial charge is 0.0651 e. The topological polar surface area (TPSA) is 65.2 Å². The fourth-order valence-corrected chi connectivity index (χ4v) is 6.13. The van der Waals surface area contributed by atoms with E-state index in [1.165, 1.54) is 6.42 Å². The zero-order valence-corrected chi connectivity index (χ0v) is 8.11. The Kier molecular flexibility index (Phi) is 0.874. The largest absolute Gasteiger partial charge is 0.411 e. The molecule has 2 N–H and O–H groups in total. The van der Waals surface area contributed by atoms with E-state index in [0.717, 1.165) is 35.1 Å². The lowest BCUT2D eigenvalue weighted by molar-refractivity contribution is 0.0644. The van der Waals surface area contributed by atoms with Gasteiger partial charge in [-0.15, -0.1) is 0 Å². The van der Waals surface area contributed by atoms with Crippen LogP contribution in [0.1, 0.15) is 6.42 Å². The molecule has 8 atom stereocenters. The molecule has 2 bridgehead atoms. The third-order valence-corrected chi connectivity index (χ3v) is 6.10. The molecule has 0 aliphatic heterocycles. The molecule has 4 heteroatoms. The average Bonchev–Trinajstić information content (AvgIpc) is 2.73. The van der Waals surface area contributed by atoms with Gasteiger partial charge in [-0.25, -0.2) is 0 Å². The average molecular weight is 204 g/mol. The lowest BCUT2D eigenvalue weighted by Crippen LogP contribution is -2.48.